The number of hydrogen-bond donors (Lipinski definition) is 0. The fourth-order valence-corrected chi connectivity index (χ4v) is 1.82. The summed E-state index contributed by atoms with van der Waals surface area (Å²) in [7, 11) is 1.65. The Morgan fingerprint density at radius 2 is 2.00 bits per heavy atom. The van der Waals surface area contributed by atoms with Crippen molar-refractivity contribution in [2.45, 2.75) is 45.8 Å². The van der Waals surface area contributed by atoms with Gasteiger partial charge < -0.3 is 9.64 Å². The fourth-order valence-electron chi connectivity index (χ4n) is 1.82. The van der Waals surface area contributed by atoms with E-state index in [1.807, 2.05) is 27.7 Å². The number of rotatable bonds is 1. The lowest BCUT2D eigenvalue weighted by molar-refractivity contribution is -0.162. The molecule has 15 heavy (non-hydrogen) atoms. The minimum atomic E-state index is -0.497. The molecule has 0 saturated carbocycles. The van der Waals surface area contributed by atoms with Gasteiger partial charge in [0.1, 0.15) is 11.6 Å². The molecule has 0 radical (unpaired) electrons. The predicted octanol–water partition coefficient (Wildman–Crippen LogP) is 1.19. The van der Waals surface area contributed by atoms with E-state index in [0.29, 0.717) is 6.42 Å². The van der Waals surface area contributed by atoms with E-state index in [0.717, 1.165) is 0 Å². The fraction of sp³-hybridized carbons (Fsp3) is 0.818. The molecule has 1 saturated heterocycles. The van der Waals surface area contributed by atoms with E-state index in [9.17, 15) is 9.59 Å². The van der Waals surface area contributed by atoms with Gasteiger partial charge in [-0.3, -0.25) is 4.79 Å². The van der Waals surface area contributed by atoms with Crippen LogP contribution in [0.15, 0.2) is 0 Å². The molecule has 1 amide bonds. The molecule has 1 fully saturated rings. The van der Waals surface area contributed by atoms with Crippen molar-refractivity contribution in [2.75, 3.05) is 7.05 Å². The number of likely N-dealkylation sites (N-methyl/N-ethyl adjacent to an activating group) is 1. The highest BCUT2D eigenvalue weighted by molar-refractivity contribution is 5.88. The molecule has 4 heteroatoms. The van der Waals surface area contributed by atoms with Crippen LogP contribution in [0.4, 0.5) is 0 Å². The Balaban J connectivity index is 2.72. The minimum absolute atomic E-state index is 0.0124. The summed E-state index contributed by atoms with van der Waals surface area (Å²) in [5.41, 5.74) is -0.497. The molecule has 0 bridgehead atoms. The number of amides is 1. The van der Waals surface area contributed by atoms with Crippen molar-refractivity contribution in [3.05, 3.63) is 0 Å². The summed E-state index contributed by atoms with van der Waals surface area (Å²) >= 11 is 0. The first-order valence-electron chi connectivity index (χ1n) is 5.21. The van der Waals surface area contributed by atoms with Crippen LogP contribution >= 0.6 is 0 Å². The molecular formula is C11H19NO3. The Kier molecular flexibility index (Phi) is 3.07. The van der Waals surface area contributed by atoms with E-state index in [2.05, 4.69) is 0 Å². The average Bonchev–Trinajstić information content (AvgIpc) is 2.22. The lowest BCUT2D eigenvalue weighted by Gasteiger charge is -2.26. The normalized spacial score (nSPS) is 27.0. The van der Waals surface area contributed by atoms with E-state index in [1.165, 1.54) is 4.90 Å². The van der Waals surface area contributed by atoms with Crippen molar-refractivity contribution in [3.8, 4) is 0 Å². The molecule has 0 aromatic rings. The second kappa shape index (κ2) is 3.83. The number of carbonyl (C=O) groups excluding carboxylic acids is 2. The molecule has 1 aliphatic rings. The van der Waals surface area contributed by atoms with Crippen LogP contribution < -0.4 is 0 Å². The SMILES string of the molecule is CC1CC(=O)N(C)[C@@H]1C(=O)OC(C)(C)C. The second-order valence-electron chi connectivity index (χ2n) is 5.16. The number of carbonyl (C=O) groups is 2. The van der Waals surface area contributed by atoms with Crippen molar-refractivity contribution in [1.82, 2.24) is 4.90 Å². The van der Waals surface area contributed by atoms with Crippen LogP contribution in [0.25, 0.3) is 0 Å². The third-order valence-corrected chi connectivity index (χ3v) is 2.49. The van der Waals surface area contributed by atoms with Crippen LogP contribution in [0.2, 0.25) is 0 Å². The van der Waals surface area contributed by atoms with Crippen molar-refractivity contribution < 1.29 is 14.3 Å². The van der Waals surface area contributed by atoms with Crippen molar-refractivity contribution in [2.24, 2.45) is 5.92 Å². The molecule has 1 heterocycles. The molecule has 0 N–H and O–H groups in total. The maximum Gasteiger partial charge on any atom is 0.329 e. The van der Waals surface area contributed by atoms with Crippen LogP contribution in [0, 0.1) is 5.92 Å². The van der Waals surface area contributed by atoms with E-state index >= 15 is 0 Å². The first-order chi connectivity index (χ1) is 6.72. The first-order valence-corrected chi connectivity index (χ1v) is 5.21. The predicted molar refractivity (Wildman–Crippen MR) is 56.2 cm³/mol. The lowest BCUT2D eigenvalue weighted by atomic mass is 10.0. The van der Waals surface area contributed by atoms with Crippen LogP contribution in [0.1, 0.15) is 34.1 Å². The maximum absolute atomic E-state index is 11.8. The Morgan fingerprint density at radius 3 is 2.33 bits per heavy atom. The molecule has 0 spiro atoms. The first kappa shape index (κ1) is 12.0. The number of likely N-dealkylation sites (tertiary alicyclic amines) is 1. The Morgan fingerprint density at radius 1 is 1.47 bits per heavy atom. The summed E-state index contributed by atoms with van der Waals surface area (Å²) < 4.78 is 5.28. The van der Waals surface area contributed by atoms with Gasteiger partial charge in [0.05, 0.1) is 0 Å². The van der Waals surface area contributed by atoms with Crippen LogP contribution in [0.3, 0.4) is 0 Å². The van der Waals surface area contributed by atoms with Gasteiger partial charge in [0.25, 0.3) is 0 Å². The summed E-state index contributed by atoms with van der Waals surface area (Å²) in [6.07, 6.45) is 0.431. The Hall–Kier alpha value is -1.06. The average molecular weight is 213 g/mol. The minimum Gasteiger partial charge on any atom is -0.458 e. The van der Waals surface area contributed by atoms with Crippen LogP contribution in [0.5, 0.6) is 0 Å². The van der Waals surface area contributed by atoms with Gasteiger partial charge in [-0.15, -0.1) is 0 Å². The molecule has 86 valence electrons. The zero-order valence-electron chi connectivity index (χ0n) is 10.0. The third kappa shape index (κ3) is 2.70. The number of esters is 1. The summed E-state index contributed by atoms with van der Waals surface area (Å²) in [4.78, 5) is 24.7. The lowest BCUT2D eigenvalue weighted by Crippen LogP contribution is -2.42. The highest BCUT2D eigenvalue weighted by atomic mass is 16.6. The summed E-state index contributed by atoms with van der Waals surface area (Å²) in [5.74, 6) is -0.251. The van der Waals surface area contributed by atoms with Gasteiger partial charge in [0.15, 0.2) is 0 Å². The smallest absolute Gasteiger partial charge is 0.329 e. The zero-order chi connectivity index (χ0) is 11.8. The summed E-state index contributed by atoms with van der Waals surface area (Å²) in [5, 5.41) is 0. The highest BCUT2D eigenvalue weighted by Crippen LogP contribution is 2.25. The van der Waals surface area contributed by atoms with Gasteiger partial charge in [-0.1, -0.05) is 6.92 Å². The van der Waals surface area contributed by atoms with E-state index in [-0.39, 0.29) is 17.8 Å². The number of nitrogens with zero attached hydrogens (tertiary/aromatic N) is 1. The van der Waals surface area contributed by atoms with Gasteiger partial charge in [0.2, 0.25) is 5.91 Å². The van der Waals surface area contributed by atoms with E-state index < -0.39 is 11.6 Å². The summed E-state index contributed by atoms with van der Waals surface area (Å²) in [6.45, 7) is 7.38. The Bertz CT molecular complexity index is 280. The summed E-state index contributed by atoms with van der Waals surface area (Å²) in [6, 6.07) is -0.420. The third-order valence-electron chi connectivity index (χ3n) is 2.49. The van der Waals surface area contributed by atoms with Crippen LogP contribution in [-0.2, 0) is 14.3 Å². The van der Waals surface area contributed by atoms with Crippen LogP contribution in [-0.4, -0.2) is 35.5 Å². The molecule has 4 nitrogen and oxygen atoms in total. The monoisotopic (exact) mass is 213 g/mol. The number of hydrogen-bond acceptors (Lipinski definition) is 3. The van der Waals surface area contributed by atoms with Gasteiger partial charge in [-0.25, -0.2) is 4.79 Å². The molecule has 0 aromatic carbocycles. The van der Waals surface area contributed by atoms with Gasteiger partial charge in [0, 0.05) is 13.5 Å². The molecular weight excluding hydrogens is 194 g/mol. The van der Waals surface area contributed by atoms with Crippen molar-refractivity contribution in [3.63, 3.8) is 0 Å². The van der Waals surface area contributed by atoms with Gasteiger partial charge in [-0.05, 0) is 26.7 Å². The standard InChI is InChI=1S/C11H19NO3/c1-7-6-8(13)12(5)9(7)10(14)15-11(2,3)4/h7,9H,6H2,1-5H3/t7?,9-/m0/s1. The zero-order valence-corrected chi connectivity index (χ0v) is 10.0. The van der Waals surface area contributed by atoms with Gasteiger partial charge >= 0.3 is 5.97 Å². The van der Waals surface area contributed by atoms with Gasteiger partial charge in [-0.2, -0.15) is 0 Å². The molecule has 0 aromatic heterocycles. The second-order valence-corrected chi connectivity index (χ2v) is 5.16. The maximum atomic E-state index is 11.8. The molecule has 0 aliphatic carbocycles. The number of ether oxygens (including phenoxy) is 1. The molecule has 1 aliphatic heterocycles. The Labute approximate surface area is 90.6 Å². The van der Waals surface area contributed by atoms with E-state index in [4.69, 9.17) is 4.74 Å². The quantitative estimate of drug-likeness (QED) is 0.615. The topological polar surface area (TPSA) is 46.6 Å². The highest BCUT2D eigenvalue weighted by Gasteiger charge is 2.41. The molecule has 1 rings (SSSR count). The molecule has 1 unspecified atom stereocenters. The van der Waals surface area contributed by atoms with E-state index in [1.54, 1.807) is 7.05 Å². The van der Waals surface area contributed by atoms with Crippen molar-refractivity contribution >= 4 is 11.9 Å². The largest absolute Gasteiger partial charge is 0.458 e. The van der Waals surface area contributed by atoms with Crippen molar-refractivity contribution in [1.29, 1.82) is 0 Å². The molecule has 2 atom stereocenters.